The van der Waals surface area contributed by atoms with Gasteiger partial charge in [0, 0.05) is 38.9 Å². The van der Waals surface area contributed by atoms with Crippen molar-refractivity contribution in [1.82, 2.24) is 0 Å². The molecule has 0 fully saturated rings. The molecule has 0 saturated heterocycles. The fourth-order valence-electron chi connectivity index (χ4n) is 9.62. The normalized spacial score (nSPS) is 12.1. The third kappa shape index (κ3) is 7.78. The minimum Gasteiger partial charge on any atom is -0.310 e. The molecule has 0 aliphatic rings. The second kappa shape index (κ2) is 16.2. The van der Waals surface area contributed by atoms with Crippen LogP contribution >= 0.6 is 0 Å². The Bertz CT molecular complexity index is 3320. The number of anilines is 6. The van der Waals surface area contributed by atoms with Crippen molar-refractivity contribution in [2.45, 2.75) is 66.6 Å². The second-order valence-electron chi connectivity index (χ2n) is 20.1. The lowest BCUT2D eigenvalue weighted by Gasteiger charge is -2.34. The molecule has 0 atom stereocenters. The average molecular weight is 859 g/mol. The zero-order valence-electron chi connectivity index (χ0n) is 39.3. The molecule has 0 spiro atoms. The standard InChI is InChI=1S/C62H58N2Si/c1-41-20-24-44(25-21-41)46-26-22-42(2)56(38-46)63(51-16-12-10-13-17-51)58-40-59(55-35-31-49-37-50(62(4,5)6)36-48-30-34-54(58)61(55)60(48)49)64(52-18-14-11-15-19-52)57-39-47(27-23-43(57)3)45-28-32-53(33-29-45)65(7,8)9/h10-40H,1-9H3. The maximum absolute atomic E-state index is 2.52. The summed E-state index contributed by atoms with van der Waals surface area (Å²) in [5, 5.41) is 9.02. The number of aryl methyl sites for hydroxylation is 3. The van der Waals surface area contributed by atoms with Crippen LogP contribution < -0.4 is 15.0 Å². The Morgan fingerprint density at radius 2 is 0.815 bits per heavy atom. The van der Waals surface area contributed by atoms with E-state index in [1.807, 2.05) is 0 Å². The van der Waals surface area contributed by atoms with E-state index in [1.165, 1.54) is 82.0 Å². The average Bonchev–Trinajstić information content (AvgIpc) is 3.30. The number of para-hydroxylation sites is 2. The first-order valence-electron chi connectivity index (χ1n) is 23.1. The summed E-state index contributed by atoms with van der Waals surface area (Å²) in [5.74, 6) is 0. The van der Waals surface area contributed by atoms with Gasteiger partial charge in [-0.2, -0.15) is 0 Å². The van der Waals surface area contributed by atoms with Crippen molar-refractivity contribution in [1.29, 1.82) is 0 Å². The Kier molecular flexibility index (Phi) is 10.5. The zero-order valence-corrected chi connectivity index (χ0v) is 40.3. The molecule has 10 aromatic rings. The summed E-state index contributed by atoms with van der Waals surface area (Å²) in [7, 11) is -1.45. The fourth-order valence-corrected chi connectivity index (χ4v) is 10.8. The van der Waals surface area contributed by atoms with Gasteiger partial charge in [-0.3, -0.25) is 0 Å². The highest BCUT2D eigenvalue weighted by Gasteiger charge is 2.27. The molecule has 0 bridgehead atoms. The SMILES string of the molecule is Cc1ccc(-c2ccc(C)c(N(c3ccccc3)c3cc(N(c4ccccc4)c4cc(-c5ccc([Si](C)(C)C)cc5)ccc4C)c4ccc5cc(C(C)(C)C)cc6ccc3c4c65)c2)cc1. The molecule has 0 N–H and O–H groups in total. The Labute approximate surface area is 386 Å². The molecule has 3 heteroatoms. The predicted octanol–water partition coefficient (Wildman–Crippen LogP) is 17.6. The minimum atomic E-state index is -1.45. The molecular weight excluding hydrogens is 801 g/mol. The Morgan fingerprint density at radius 3 is 1.25 bits per heavy atom. The smallest absolute Gasteiger partial charge is 0.0775 e. The van der Waals surface area contributed by atoms with Crippen LogP contribution in [0.2, 0.25) is 19.6 Å². The van der Waals surface area contributed by atoms with Gasteiger partial charge in [0.1, 0.15) is 0 Å². The van der Waals surface area contributed by atoms with E-state index < -0.39 is 8.07 Å². The van der Waals surface area contributed by atoms with E-state index in [1.54, 1.807) is 0 Å². The molecule has 10 aromatic carbocycles. The number of nitrogens with zero attached hydrogens (tertiary/aromatic N) is 2. The van der Waals surface area contributed by atoms with Crippen LogP contribution in [0.15, 0.2) is 188 Å². The van der Waals surface area contributed by atoms with Crippen molar-refractivity contribution in [2.24, 2.45) is 0 Å². The van der Waals surface area contributed by atoms with Crippen LogP contribution in [-0.4, -0.2) is 8.07 Å². The van der Waals surface area contributed by atoms with Crippen LogP contribution in [-0.2, 0) is 5.41 Å². The van der Waals surface area contributed by atoms with Crippen molar-refractivity contribution in [3.8, 4) is 22.3 Å². The van der Waals surface area contributed by atoms with Gasteiger partial charge in [-0.1, -0.05) is 197 Å². The van der Waals surface area contributed by atoms with E-state index in [0.717, 1.165) is 34.1 Å². The molecule has 0 aliphatic carbocycles. The predicted molar refractivity (Wildman–Crippen MR) is 286 cm³/mol. The number of hydrogen-bond acceptors (Lipinski definition) is 2. The zero-order chi connectivity index (χ0) is 45.2. The molecule has 2 nitrogen and oxygen atoms in total. The van der Waals surface area contributed by atoms with Crippen LogP contribution in [0.4, 0.5) is 34.1 Å². The van der Waals surface area contributed by atoms with Crippen molar-refractivity contribution < 1.29 is 0 Å². The van der Waals surface area contributed by atoms with Crippen LogP contribution in [0.25, 0.3) is 54.6 Å². The molecule has 0 radical (unpaired) electrons. The summed E-state index contributed by atoms with van der Waals surface area (Å²) in [6.45, 7) is 20.8. The molecule has 0 heterocycles. The Hall–Kier alpha value is -6.94. The molecule has 0 amide bonds. The molecule has 0 aromatic heterocycles. The van der Waals surface area contributed by atoms with Gasteiger partial charge in [-0.25, -0.2) is 0 Å². The van der Waals surface area contributed by atoms with Gasteiger partial charge in [-0.15, -0.1) is 0 Å². The first-order chi connectivity index (χ1) is 31.2. The maximum atomic E-state index is 2.52. The number of rotatable bonds is 9. The topological polar surface area (TPSA) is 6.48 Å². The lowest BCUT2D eigenvalue weighted by Crippen LogP contribution is -2.37. The highest BCUT2D eigenvalue weighted by molar-refractivity contribution is 6.88. The van der Waals surface area contributed by atoms with Gasteiger partial charge in [-0.05, 0) is 124 Å². The first kappa shape index (κ1) is 42.0. The molecule has 10 rings (SSSR count). The lowest BCUT2D eigenvalue weighted by atomic mass is 9.83. The summed E-state index contributed by atoms with van der Waals surface area (Å²) in [6.07, 6.45) is 0. The van der Waals surface area contributed by atoms with Gasteiger partial charge in [0.2, 0.25) is 0 Å². The molecule has 0 unspecified atom stereocenters. The summed E-state index contributed by atoms with van der Waals surface area (Å²) in [5.41, 5.74) is 16.6. The van der Waals surface area contributed by atoms with E-state index in [-0.39, 0.29) is 5.41 Å². The van der Waals surface area contributed by atoms with E-state index in [0.29, 0.717) is 0 Å². The molecule has 0 aliphatic heterocycles. The van der Waals surface area contributed by atoms with Gasteiger partial charge in [0.05, 0.1) is 19.4 Å². The van der Waals surface area contributed by atoms with E-state index in [9.17, 15) is 0 Å². The quantitative estimate of drug-likeness (QED) is 0.105. The molecule has 320 valence electrons. The Morgan fingerprint density at radius 1 is 0.385 bits per heavy atom. The highest BCUT2D eigenvalue weighted by atomic mass is 28.3. The monoisotopic (exact) mass is 858 g/mol. The number of benzene rings is 10. The van der Waals surface area contributed by atoms with Crippen molar-refractivity contribution >= 4 is 79.7 Å². The molecular formula is C62H58N2Si. The highest BCUT2D eigenvalue weighted by Crippen LogP contribution is 2.52. The second-order valence-corrected chi connectivity index (χ2v) is 25.2. The summed E-state index contributed by atoms with van der Waals surface area (Å²) < 4.78 is 0. The molecule has 65 heavy (non-hydrogen) atoms. The summed E-state index contributed by atoms with van der Waals surface area (Å²) in [4.78, 5) is 5.03. The van der Waals surface area contributed by atoms with E-state index in [2.05, 4.69) is 259 Å². The summed E-state index contributed by atoms with van der Waals surface area (Å²) >= 11 is 0. The van der Waals surface area contributed by atoms with Crippen molar-refractivity contribution in [3.63, 3.8) is 0 Å². The van der Waals surface area contributed by atoms with Crippen molar-refractivity contribution in [3.05, 3.63) is 210 Å². The van der Waals surface area contributed by atoms with Crippen LogP contribution in [0.1, 0.15) is 43.0 Å². The van der Waals surface area contributed by atoms with Gasteiger partial charge < -0.3 is 9.80 Å². The largest absolute Gasteiger partial charge is 0.310 e. The lowest BCUT2D eigenvalue weighted by molar-refractivity contribution is 0.591. The number of hydrogen-bond donors (Lipinski definition) is 0. The fraction of sp³-hybridized carbons (Fsp3) is 0.161. The van der Waals surface area contributed by atoms with Crippen LogP contribution in [0.5, 0.6) is 0 Å². The van der Waals surface area contributed by atoms with Gasteiger partial charge in [0.15, 0.2) is 0 Å². The van der Waals surface area contributed by atoms with Crippen molar-refractivity contribution in [2.75, 3.05) is 9.80 Å². The van der Waals surface area contributed by atoms with Gasteiger partial charge >= 0.3 is 0 Å². The van der Waals surface area contributed by atoms with Crippen LogP contribution in [0.3, 0.4) is 0 Å². The van der Waals surface area contributed by atoms with E-state index in [4.69, 9.17) is 0 Å². The van der Waals surface area contributed by atoms with Gasteiger partial charge in [0.25, 0.3) is 0 Å². The first-order valence-corrected chi connectivity index (χ1v) is 26.6. The third-order valence-corrected chi connectivity index (χ3v) is 15.5. The Balaban J connectivity index is 1.30. The molecule has 0 saturated carbocycles. The van der Waals surface area contributed by atoms with Crippen LogP contribution in [0, 0.1) is 20.8 Å². The van der Waals surface area contributed by atoms with E-state index >= 15 is 0 Å². The third-order valence-electron chi connectivity index (χ3n) is 13.4. The maximum Gasteiger partial charge on any atom is 0.0775 e. The summed E-state index contributed by atoms with van der Waals surface area (Å²) in [6, 6.07) is 70.9. The minimum absolute atomic E-state index is 0.00648.